The summed E-state index contributed by atoms with van der Waals surface area (Å²) in [4.78, 5) is 15.9. The number of thioether (sulfide) groups is 1. The minimum Gasteiger partial charge on any atom is -0.355 e. The van der Waals surface area contributed by atoms with E-state index >= 15 is 0 Å². The molecule has 1 aliphatic carbocycles. The number of aromatic nitrogens is 6. The molecule has 2 heterocycles. The number of nitrogens with zero attached hydrogens (tertiary/aromatic N) is 6. The lowest BCUT2D eigenvalue weighted by Crippen LogP contribution is -2.27. The molecule has 1 N–H and O–H groups in total. The van der Waals surface area contributed by atoms with Crippen molar-refractivity contribution in [2.24, 2.45) is 0 Å². The Morgan fingerprint density at radius 2 is 2.25 bits per heavy atom. The molecule has 1 amide bonds. The summed E-state index contributed by atoms with van der Waals surface area (Å²) in [5.74, 6) is 2.04. The van der Waals surface area contributed by atoms with E-state index in [4.69, 9.17) is 0 Å². The fourth-order valence-electron chi connectivity index (χ4n) is 2.93. The third-order valence-corrected chi connectivity index (χ3v) is 5.10. The highest BCUT2D eigenvalue weighted by atomic mass is 32.2. The number of rotatable bonds is 9. The van der Waals surface area contributed by atoms with E-state index in [-0.39, 0.29) is 5.91 Å². The number of carbonyl (C=O) groups excluding carboxylic acids is 1. The molecule has 24 heavy (non-hydrogen) atoms. The third-order valence-electron chi connectivity index (χ3n) is 4.17. The summed E-state index contributed by atoms with van der Waals surface area (Å²) in [6, 6.07) is 0.438. The van der Waals surface area contributed by atoms with E-state index in [1.54, 1.807) is 24.3 Å². The van der Waals surface area contributed by atoms with E-state index in [1.807, 2.05) is 15.4 Å². The highest BCUT2D eigenvalue weighted by molar-refractivity contribution is 7.99. The molecule has 0 bridgehead atoms. The summed E-state index contributed by atoms with van der Waals surface area (Å²) < 4.78 is 3.95. The van der Waals surface area contributed by atoms with Gasteiger partial charge in [0.05, 0.1) is 23.9 Å². The zero-order valence-electron chi connectivity index (χ0n) is 13.7. The van der Waals surface area contributed by atoms with Crippen molar-refractivity contribution in [1.29, 1.82) is 0 Å². The van der Waals surface area contributed by atoms with Crippen molar-refractivity contribution >= 4 is 17.7 Å². The summed E-state index contributed by atoms with van der Waals surface area (Å²) in [6.45, 7) is 1.54. The molecule has 8 nitrogen and oxygen atoms in total. The minimum atomic E-state index is 0.0607. The fourth-order valence-corrected chi connectivity index (χ4v) is 3.70. The Labute approximate surface area is 145 Å². The quantitative estimate of drug-likeness (QED) is 0.689. The van der Waals surface area contributed by atoms with Crippen molar-refractivity contribution < 1.29 is 4.79 Å². The zero-order chi connectivity index (χ0) is 16.6. The van der Waals surface area contributed by atoms with E-state index in [9.17, 15) is 4.79 Å². The molecule has 0 unspecified atom stereocenters. The van der Waals surface area contributed by atoms with E-state index in [0.717, 1.165) is 31.6 Å². The average Bonchev–Trinajstić information content (AvgIpc) is 3.32. The van der Waals surface area contributed by atoms with Crippen LogP contribution in [0.2, 0.25) is 0 Å². The maximum absolute atomic E-state index is 11.9. The Bertz CT molecular complexity index is 622. The minimum absolute atomic E-state index is 0.0607. The number of imidazole rings is 1. The van der Waals surface area contributed by atoms with Gasteiger partial charge in [0.2, 0.25) is 5.91 Å². The maximum Gasteiger partial charge on any atom is 0.230 e. The van der Waals surface area contributed by atoms with E-state index in [0.29, 0.717) is 24.1 Å². The molecular formula is C15H23N7OS. The molecule has 0 aromatic carbocycles. The van der Waals surface area contributed by atoms with Gasteiger partial charge in [-0.2, -0.15) is 0 Å². The lowest BCUT2D eigenvalue weighted by molar-refractivity contribution is -0.118. The normalized spacial score (nSPS) is 15.0. The predicted octanol–water partition coefficient (Wildman–Crippen LogP) is 1.42. The molecule has 0 aliphatic heterocycles. The molecule has 2 aromatic rings. The van der Waals surface area contributed by atoms with Gasteiger partial charge in [0.1, 0.15) is 0 Å². The van der Waals surface area contributed by atoms with Gasteiger partial charge < -0.3 is 9.88 Å². The summed E-state index contributed by atoms with van der Waals surface area (Å²) in [6.07, 6.45) is 11.2. The molecule has 1 fully saturated rings. The second-order valence-electron chi connectivity index (χ2n) is 5.97. The van der Waals surface area contributed by atoms with E-state index < -0.39 is 0 Å². The lowest BCUT2D eigenvalue weighted by atomic mass is 10.2. The monoisotopic (exact) mass is 349 g/mol. The van der Waals surface area contributed by atoms with Gasteiger partial charge in [0.15, 0.2) is 5.82 Å². The SMILES string of the molecule is O=C(CSCc1nnnn1C1CCCC1)NCCCn1ccnc1. The van der Waals surface area contributed by atoms with Crippen LogP contribution in [-0.2, 0) is 17.1 Å². The van der Waals surface area contributed by atoms with Crippen LogP contribution in [-0.4, -0.2) is 48.0 Å². The summed E-state index contributed by atoms with van der Waals surface area (Å²) >= 11 is 1.56. The summed E-state index contributed by atoms with van der Waals surface area (Å²) in [5.41, 5.74) is 0. The van der Waals surface area contributed by atoms with Crippen LogP contribution in [0.15, 0.2) is 18.7 Å². The molecule has 0 saturated heterocycles. The second-order valence-corrected chi connectivity index (χ2v) is 6.96. The van der Waals surface area contributed by atoms with Gasteiger partial charge in [-0.25, -0.2) is 9.67 Å². The topological polar surface area (TPSA) is 90.5 Å². The smallest absolute Gasteiger partial charge is 0.230 e. The molecule has 130 valence electrons. The Kier molecular flexibility index (Phi) is 6.22. The van der Waals surface area contributed by atoms with Crippen molar-refractivity contribution in [3.05, 3.63) is 24.5 Å². The largest absolute Gasteiger partial charge is 0.355 e. The third kappa shape index (κ3) is 4.80. The number of carbonyl (C=O) groups is 1. The van der Waals surface area contributed by atoms with Crippen LogP contribution in [0.4, 0.5) is 0 Å². The molecule has 9 heteroatoms. The number of hydrogen-bond acceptors (Lipinski definition) is 6. The summed E-state index contributed by atoms with van der Waals surface area (Å²) in [5, 5.41) is 15.0. The molecule has 0 spiro atoms. The molecule has 3 rings (SSSR count). The van der Waals surface area contributed by atoms with Crippen LogP contribution in [0.25, 0.3) is 0 Å². The van der Waals surface area contributed by atoms with Crippen LogP contribution in [0.5, 0.6) is 0 Å². The van der Waals surface area contributed by atoms with Crippen molar-refractivity contribution in [1.82, 2.24) is 35.1 Å². The molecule has 0 atom stereocenters. The summed E-state index contributed by atoms with van der Waals surface area (Å²) in [7, 11) is 0. The van der Waals surface area contributed by atoms with Gasteiger partial charge in [-0.3, -0.25) is 4.79 Å². The second kappa shape index (κ2) is 8.81. The Hall–Kier alpha value is -1.90. The Balaban J connectivity index is 1.31. The van der Waals surface area contributed by atoms with Gasteiger partial charge in [-0.15, -0.1) is 16.9 Å². The number of nitrogens with one attached hydrogen (secondary N) is 1. The van der Waals surface area contributed by atoms with Crippen molar-refractivity contribution in [3.8, 4) is 0 Å². The first-order valence-electron chi connectivity index (χ1n) is 8.40. The number of hydrogen-bond donors (Lipinski definition) is 1. The zero-order valence-corrected chi connectivity index (χ0v) is 14.5. The molecule has 2 aromatic heterocycles. The highest BCUT2D eigenvalue weighted by Crippen LogP contribution is 2.29. The highest BCUT2D eigenvalue weighted by Gasteiger charge is 2.21. The van der Waals surface area contributed by atoms with Gasteiger partial charge in [0, 0.05) is 25.5 Å². The van der Waals surface area contributed by atoms with Crippen LogP contribution in [0.3, 0.4) is 0 Å². The van der Waals surface area contributed by atoms with Crippen molar-refractivity contribution in [2.75, 3.05) is 12.3 Å². The molecule has 1 saturated carbocycles. The van der Waals surface area contributed by atoms with Crippen LogP contribution >= 0.6 is 11.8 Å². The first-order valence-corrected chi connectivity index (χ1v) is 9.55. The van der Waals surface area contributed by atoms with Crippen molar-refractivity contribution in [2.45, 2.75) is 50.4 Å². The van der Waals surface area contributed by atoms with Gasteiger partial charge in [-0.05, 0) is 29.7 Å². The van der Waals surface area contributed by atoms with Gasteiger partial charge >= 0.3 is 0 Å². The molecule has 1 aliphatic rings. The number of tetrazole rings is 1. The molecular weight excluding hydrogens is 326 g/mol. The first kappa shape index (κ1) is 16.9. The average molecular weight is 349 g/mol. The van der Waals surface area contributed by atoms with Crippen molar-refractivity contribution in [3.63, 3.8) is 0 Å². The fraction of sp³-hybridized carbons (Fsp3) is 0.667. The maximum atomic E-state index is 11.9. The molecule has 0 radical (unpaired) electrons. The Morgan fingerprint density at radius 3 is 3.04 bits per heavy atom. The van der Waals surface area contributed by atoms with E-state index in [1.165, 1.54) is 12.8 Å². The number of amides is 1. The van der Waals surface area contributed by atoms with E-state index in [2.05, 4.69) is 25.8 Å². The van der Waals surface area contributed by atoms with Gasteiger partial charge in [0.25, 0.3) is 0 Å². The van der Waals surface area contributed by atoms with Crippen LogP contribution in [0, 0.1) is 0 Å². The van der Waals surface area contributed by atoms with Crippen LogP contribution in [0.1, 0.15) is 44.0 Å². The Morgan fingerprint density at radius 1 is 1.38 bits per heavy atom. The van der Waals surface area contributed by atoms with Gasteiger partial charge in [-0.1, -0.05) is 12.8 Å². The number of aryl methyl sites for hydroxylation is 1. The standard InChI is InChI=1S/C15H23N7OS/c23-15(17-6-3-8-21-9-7-16-12-21)11-24-10-14-18-19-20-22(14)13-4-1-2-5-13/h7,9,12-13H,1-6,8,10-11H2,(H,17,23). The predicted molar refractivity (Wildman–Crippen MR) is 91.3 cm³/mol. The first-order chi connectivity index (χ1) is 11.8. The lowest BCUT2D eigenvalue weighted by Gasteiger charge is -2.11. The van der Waals surface area contributed by atoms with Crippen LogP contribution < -0.4 is 5.32 Å².